The zero-order chi connectivity index (χ0) is 27.9. The van der Waals surface area contributed by atoms with Crippen LogP contribution in [-0.2, 0) is 26.2 Å². The lowest BCUT2D eigenvalue weighted by molar-refractivity contribution is -0.141. The molecule has 0 saturated carbocycles. The molecule has 0 unspecified atom stereocenters. The Balaban J connectivity index is 1.78. The molecule has 1 atom stereocenters. The number of carbonyl (C=O) groups excluding carboxylic acids is 2. The second kappa shape index (κ2) is 13.2. The van der Waals surface area contributed by atoms with Crippen LogP contribution in [-0.4, -0.2) is 63.2 Å². The van der Waals surface area contributed by atoms with Crippen LogP contribution in [0.5, 0.6) is 11.5 Å². The van der Waals surface area contributed by atoms with Crippen molar-refractivity contribution in [2.75, 3.05) is 30.3 Å². The number of sulfonamides is 1. The molecule has 0 aliphatic carbocycles. The number of benzene rings is 2. The number of carbonyl (C=O) groups is 2. The summed E-state index contributed by atoms with van der Waals surface area (Å²) in [4.78, 5) is 28.0. The third-order valence-electron chi connectivity index (χ3n) is 6.08. The van der Waals surface area contributed by atoms with Crippen molar-refractivity contribution in [3.8, 4) is 11.5 Å². The Morgan fingerprint density at radius 2 is 1.76 bits per heavy atom. The van der Waals surface area contributed by atoms with Crippen molar-refractivity contribution in [1.82, 2.24) is 10.2 Å². The predicted octanol–water partition coefficient (Wildman–Crippen LogP) is 3.99. The molecule has 3 rings (SSSR count). The van der Waals surface area contributed by atoms with E-state index in [0.717, 1.165) is 11.8 Å². The molecule has 9 nitrogen and oxygen atoms in total. The van der Waals surface area contributed by atoms with E-state index < -0.39 is 16.1 Å². The fraction of sp³-hybridized carbons (Fsp3) is 0.481. The average molecular weight is 566 g/mol. The molecule has 0 aromatic heterocycles. The van der Waals surface area contributed by atoms with Crippen molar-refractivity contribution in [1.29, 1.82) is 0 Å². The molecule has 0 bridgehead atoms. The van der Waals surface area contributed by atoms with Crippen LogP contribution in [0.4, 0.5) is 5.69 Å². The molecule has 38 heavy (non-hydrogen) atoms. The first-order valence-corrected chi connectivity index (χ1v) is 14.9. The molecule has 0 radical (unpaired) electrons. The number of hydrogen-bond acceptors (Lipinski definition) is 6. The summed E-state index contributed by atoms with van der Waals surface area (Å²) in [7, 11) is -3.63. The van der Waals surface area contributed by atoms with Crippen LogP contribution in [0.2, 0.25) is 5.02 Å². The normalized spacial score (nSPS) is 13.6. The molecular formula is C27H36ClN3O6S. The predicted molar refractivity (Wildman–Crippen MR) is 148 cm³/mol. The average Bonchev–Trinajstić information content (AvgIpc) is 2.86. The Morgan fingerprint density at radius 3 is 2.39 bits per heavy atom. The van der Waals surface area contributed by atoms with Crippen LogP contribution in [0.1, 0.15) is 45.6 Å². The number of nitrogens with zero attached hydrogens (tertiary/aromatic N) is 2. The quantitative estimate of drug-likeness (QED) is 0.417. The van der Waals surface area contributed by atoms with Gasteiger partial charge in [-0.05, 0) is 50.5 Å². The molecule has 1 N–H and O–H groups in total. The number of rotatable bonds is 12. The van der Waals surface area contributed by atoms with Gasteiger partial charge in [-0.1, -0.05) is 36.7 Å². The van der Waals surface area contributed by atoms with Gasteiger partial charge in [0.25, 0.3) is 0 Å². The van der Waals surface area contributed by atoms with E-state index in [1.165, 1.54) is 9.21 Å². The summed E-state index contributed by atoms with van der Waals surface area (Å²) in [6, 6.07) is 11.4. The largest absolute Gasteiger partial charge is 0.486 e. The molecule has 11 heteroatoms. The molecular weight excluding hydrogens is 530 g/mol. The fourth-order valence-corrected chi connectivity index (χ4v) is 5.45. The monoisotopic (exact) mass is 565 g/mol. The SMILES string of the molecule is CC[C@H](C(=O)NC(C)C)N(Cc1ccccc1Cl)C(=O)CCCN(c1ccc2c(c1)OCCO2)S(C)(=O)=O. The number of ether oxygens (including phenoxy) is 2. The molecule has 1 heterocycles. The van der Waals surface area contributed by atoms with Gasteiger partial charge >= 0.3 is 0 Å². The van der Waals surface area contributed by atoms with Crippen LogP contribution in [0.15, 0.2) is 42.5 Å². The summed E-state index contributed by atoms with van der Waals surface area (Å²) in [6.45, 7) is 6.65. The highest BCUT2D eigenvalue weighted by molar-refractivity contribution is 7.92. The highest BCUT2D eigenvalue weighted by Gasteiger charge is 2.29. The lowest BCUT2D eigenvalue weighted by atomic mass is 10.1. The van der Waals surface area contributed by atoms with E-state index in [0.29, 0.717) is 41.8 Å². The number of anilines is 1. The first-order chi connectivity index (χ1) is 18.0. The zero-order valence-corrected chi connectivity index (χ0v) is 23.8. The molecule has 0 spiro atoms. The van der Waals surface area contributed by atoms with Gasteiger partial charge < -0.3 is 19.7 Å². The Labute approximate surface area is 230 Å². The maximum Gasteiger partial charge on any atom is 0.243 e. The fourth-order valence-electron chi connectivity index (χ4n) is 4.30. The molecule has 1 aliphatic rings. The van der Waals surface area contributed by atoms with Gasteiger partial charge in [-0.2, -0.15) is 0 Å². The van der Waals surface area contributed by atoms with E-state index in [9.17, 15) is 18.0 Å². The molecule has 0 fully saturated rings. The topological polar surface area (TPSA) is 105 Å². The van der Waals surface area contributed by atoms with E-state index in [2.05, 4.69) is 5.32 Å². The number of amides is 2. The highest BCUT2D eigenvalue weighted by atomic mass is 35.5. The van der Waals surface area contributed by atoms with Crippen molar-refractivity contribution in [2.24, 2.45) is 0 Å². The van der Waals surface area contributed by atoms with Gasteiger partial charge in [0, 0.05) is 36.6 Å². The Hall–Kier alpha value is -2.98. The van der Waals surface area contributed by atoms with E-state index in [1.54, 1.807) is 30.3 Å². The van der Waals surface area contributed by atoms with E-state index in [4.69, 9.17) is 21.1 Å². The van der Waals surface area contributed by atoms with Crippen LogP contribution < -0.4 is 19.1 Å². The van der Waals surface area contributed by atoms with Gasteiger partial charge in [0.05, 0.1) is 11.9 Å². The summed E-state index contributed by atoms with van der Waals surface area (Å²) < 4.78 is 37.6. The number of fused-ring (bicyclic) bond motifs is 1. The lowest BCUT2D eigenvalue weighted by Gasteiger charge is -2.32. The second-order valence-electron chi connectivity index (χ2n) is 9.47. The molecule has 2 amide bonds. The Morgan fingerprint density at radius 1 is 1.08 bits per heavy atom. The van der Waals surface area contributed by atoms with Gasteiger partial charge in [-0.25, -0.2) is 8.42 Å². The van der Waals surface area contributed by atoms with Gasteiger partial charge in [-0.15, -0.1) is 0 Å². The first-order valence-electron chi connectivity index (χ1n) is 12.7. The number of halogens is 1. The van der Waals surface area contributed by atoms with Gasteiger partial charge in [0.1, 0.15) is 19.3 Å². The molecule has 2 aromatic carbocycles. The van der Waals surface area contributed by atoms with Crippen molar-refractivity contribution in [3.05, 3.63) is 53.1 Å². The van der Waals surface area contributed by atoms with Gasteiger partial charge in [0.2, 0.25) is 21.8 Å². The minimum Gasteiger partial charge on any atom is -0.486 e. The van der Waals surface area contributed by atoms with Gasteiger partial charge in [-0.3, -0.25) is 13.9 Å². The zero-order valence-electron chi connectivity index (χ0n) is 22.3. The maximum absolute atomic E-state index is 13.5. The van der Waals surface area contributed by atoms with Crippen LogP contribution in [0.25, 0.3) is 0 Å². The van der Waals surface area contributed by atoms with Crippen LogP contribution in [0, 0.1) is 0 Å². The van der Waals surface area contributed by atoms with Crippen LogP contribution in [0.3, 0.4) is 0 Å². The smallest absolute Gasteiger partial charge is 0.243 e. The molecule has 1 aliphatic heterocycles. The first kappa shape index (κ1) is 29.6. The number of nitrogens with one attached hydrogen (secondary N) is 1. The molecule has 208 valence electrons. The molecule has 0 saturated heterocycles. The van der Waals surface area contributed by atoms with Crippen molar-refractivity contribution >= 4 is 39.1 Å². The summed E-state index contributed by atoms with van der Waals surface area (Å²) in [5, 5.41) is 3.40. The van der Waals surface area contributed by atoms with Crippen LogP contribution >= 0.6 is 11.6 Å². The minimum atomic E-state index is -3.63. The standard InChI is InChI=1S/C27H36ClN3O6S/c1-5-23(27(33)29-19(2)3)30(18-20-9-6-7-10-22(20)28)26(32)11-8-14-31(38(4,34)35)21-12-13-24-25(17-21)37-16-15-36-24/h6-7,9-10,12-13,17,19,23H,5,8,11,14-16,18H2,1-4H3,(H,29,33)/t23-/m1/s1. The van der Waals surface area contributed by atoms with Crippen molar-refractivity contribution < 1.29 is 27.5 Å². The summed E-state index contributed by atoms with van der Waals surface area (Å²) in [5.74, 6) is 0.540. The third kappa shape index (κ3) is 7.77. The summed E-state index contributed by atoms with van der Waals surface area (Å²) in [6.07, 6.45) is 1.84. The maximum atomic E-state index is 13.5. The minimum absolute atomic E-state index is 0.0481. The van der Waals surface area contributed by atoms with E-state index in [1.807, 2.05) is 32.9 Å². The summed E-state index contributed by atoms with van der Waals surface area (Å²) >= 11 is 6.37. The number of hydrogen-bond donors (Lipinski definition) is 1. The highest BCUT2D eigenvalue weighted by Crippen LogP contribution is 2.34. The van der Waals surface area contributed by atoms with E-state index >= 15 is 0 Å². The summed E-state index contributed by atoms with van der Waals surface area (Å²) in [5.41, 5.74) is 1.16. The third-order valence-corrected chi connectivity index (χ3v) is 7.64. The molecule has 2 aromatic rings. The van der Waals surface area contributed by atoms with Crippen molar-refractivity contribution in [2.45, 2.75) is 58.7 Å². The lowest BCUT2D eigenvalue weighted by Crippen LogP contribution is -2.50. The van der Waals surface area contributed by atoms with Gasteiger partial charge in [0.15, 0.2) is 11.5 Å². The Kier molecular flexibility index (Phi) is 10.3. The second-order valence-corrected chi connectivity index (χ2v) is 11.8. The Bertz CT molecular complexity index is 1240. The van der Waals surface area contributed by atoms with Crippen molar-refractivity contribution in [3.63, 3.8) is 0 Å². The van der Waals surface area contributed by atoms with E-state index in [-0.39, 0.29) is 43.8 Å².